The maximum atomic E-state index is 13.6. The van der Waals surface area contributed by atoms with Crippen LogP contribution in [0.2, 0.25) is 0 Å². The molecule has 3 heterocycles. The second kappa shape index (κ2) is 8.22. The lowest BCUT2D eigenvalue weighted by Crippen LogP contribution is -2.25. The normalized spacial score (nSPS) is 11.3. The van der Waals surface area contributed by atoms with Crippen LogP contribution in [0.3, 0.4) is 0 Å². The van der Waals surface area contributed by atoms with Gasteiger partial charge in [-0.1, -0.05) is 30.3 Å². The molecule has 0 aliphatic rings. The number of aryl methyl sites for hydroxylation is 3. The van der Waals surface area contributed by atoms with Gasteiger partial charge in [-0.2, -0.15) is 0 Å². The molecule has 3 aromatic heterocycles. The number of hydrogen-bond donors (Lipinski definition) is 2. The van der Waals surface area contributed by atoms with Gasteiger partial charge < -0.3 is 10.3 Å². The average Bonchev–Trinajstić information content (AvgIpc) is 3.27. The highest BCUT2D eigenvalue weighted by Crippen LogP contribution is 2.19. The summed E-state index contributed by atoms with van der Waals surface area (Å²) in [6.07, 6.45) is 4.51. The van der Waals surface area contributed by atoms with E-state index in [2.05, 4.69) is 25.3 Å². The third-order valence-electron chi connectivity index (χ3n) is 5.62. The number of nitrogens with one attached hydrogen (secondary N) is 2. The zero-order chi connectivity index (χ0) is 22.1. The van der Waals surface area contributed by atoms with Crippen LogP contribution in [0.1, 0.15) is 23.4 Å². The Morgan fingerprint density at radius 2 is 1.84 bits per heavy atom. The molecule has 0 radical (unpaired) electrons. The molecular formula is C24H23N7O. The molecule has 0 aliphatic carbocycles. The molecule has 160 valence electrons. The smallest absolute Gasteiger partial charge is 0.266 e. The zero-order valence-electron chi connectivity index (χ0n) is 18.0. The number of aromatic amines is 1. The lowest BCUT2D eigenvalue weighted by molar-refractivity contribution is 0.751. The van der Waals surface area contributed by atoms with E-state index in [0.29, 0.717) is 29.8 Å². The average molecular weight is 425 g/mol. The summed E-state index contributed by atoms with van der Waals surface area (Å²) in [6, 6.07) is 13.7. The lowest BCUT2D eigenvalue weighted by Gasteiger charge is -2.16. The number of rotatable bonds is 6. The van der Waals surface area contributed by atoms with Crippen molar-refractivity contribution in [2.75, 3.05) is 11.9 Å². The number of hydrogen-bond acceptors (Lipinski definition) is 6. The fourth-order valence-electron chi connectivity index (χ4n) is 4.02. The zero-order valence-corrected chi connectivity index (χ0v) is 18.0. The molecule has 0 fully saturated rings. The molecule has 0 unspecified atom stereocenters. The van der Waals surface area contributed by atoms with Crippen molar-refractivity contribution in [3.63, 3.8) is 0 Å². The Morgan fingerprint density at radius 1 is 1.00 bits per heavy atom. The van der Waals surface area contributed by atoms with Crippen LogP contribution in [0, 0.1) is 13.8 Å². The predicted octanol–water partition coefficient (Wildman–Crippen LogP) is 3.71. The molecular weight excluding hydrogens is 402 g/mol. The van der Waals surface area contributed by atoms with Crippen LogP contribution in [0.25, 0.3) is 27.8 Å². The van der Waals surface area contributed by atoms with Crippen molar-refractivity contribution in [1.82, 2.24) is 29.5 Å². The quantitative estimate of drug-likeness (QED) is 0.402. The molecule has 2 N–H and O–H groups in total. The van der Waals surface area contributed by atoms with Crippen molar-refractivity contribution in [2.45, 2.75) is 26.7 Å². The summed E-state index contributed by atoms with van der Waals surface area (Å²) < 4.78 is 1.77. The number of imidazole rings is 1. The highest BCUT2D eigenvalue weighted by molar-refractivity contribution is 5.82. The van der Waals surface area contributed by atoms with E-state index in [0.717, 1.165) is 40.1 Å². The largest absolute Gasteiger partial charge is 0.368 e. The first-order chi connectivity index (χ1) is 15.6. The van der Waals surface area contributed by atoms with E-state index in [1.54, 1.807) is 10.9 Å². The van der Waals surface area contributed by atoms with Gasteiger partial charge >= 0.3 is 0 Å². The minimum absolute atomic E-state index is 0.0275. The van der Waals surface area contributed by atoms with Crippen LogP contribution < -0.4 is 10.9 Å². The first kappa shape index (κ1) is 19.9. The van der Waals surface area contributed by atoms with Gasteiger partial charge in [0.2, 0.25) is 0 Å². The van der Waals surface area contributed by atoms with Gasteiger partial charge in [-0.15, -0.1) is 0 Å². The highest BCUT2D eigenvalue weighted by Gasteiger charge is 2.15. The van der Waals surface area contributed by atoms with E-state index in [1.807, 2.05) is 56.3 Å². The molecule has 0 saturated heterocycles. The van der Waals surface area contributed by atoms with Crippen molar-refractivity contribution in [3.05, 3.63) is 82.4 Å². The summed E-state index contributed by atoms with van der Waals surface area (Å²) in [5.74, 6) is 1.46. The van der Waals surface area contributed by atoms with Gasteiger partial charge in [0.1, 0.15) is 17.7 Å². The van der Waals surface area contributed by atoms with E-state index in [1.165, 1.54) is 6.33 Å². The van der Waals surface area contributed by atoms with Gasteiger partial charge in [0, 0.05) is 13.0 Å². The molecule has 0 aliphatic heterocycles. The molecule has 5 rings (SSSR count). The Labute approximate surface area is 184 Å². The van der Waals surface area contributed by atoms with Gasteiger partial charge in [0.25, 0.3) is 5.56 Å². The Hall–Kier alpha value is -4.07. The second-order valence-electron chi connectivity index (χ2n) is 7.78. The monoisotopic (exact) mass is 425 g/mol. The molecule has 32 heavy (non-hydrogen) atoms. The lowest BCUT2D eigenvalue weighted by atomic mass is 10.1. The molecule has 0 spiro atoms. The maximum absolute atomic E-state index is 13.6. The van der Waals surface area contributed by atoms with E-state index in [-0.39, 0.29) is 5.56 Å². The second-order valence-corrected chi connectivity index (χ2v) is 7.78. The van der Waals surface area contributed by atoms with E-state index in [4.69, 9.17) is 4.98 Å². The fourth-order valence-corrected chi connectivity index (χ4v) is 4.02. The van der Waals surface area contributed by atoms with Gasteiger partial charge in [-0.3, -0.25) is 9.36 Å². The van der Waals surface area contributed by atoms with Crippen LogP contribution in [0.4, 0.5) is 5.82 Å². The first-order valence-electron chi connectivity index (χ1n) is 10.6. The summed E-state index contributed by atoms with van der Waals surface area (Å²) in [5.41, 5.74) is 4.95. The van der Waals surface area contributed by atoms with Crippen LogP contribution in [-0.2, 0) is 6.42 Å². The van der Waals surface area contributed by atoms with Crippen molar-refractivity contribution in [1.29, 1.82) is 0 Å². The van der Waals surface area contributed by atoms with E-state index in [9.17, 15) is 4.79 Å². The number of benzene rings is 2. The molecule has 0 bridgehead atoms. The molecule has 8 heteroatoms. The molecule has 0 amide bonds. The molecule has 8 nitrogen and oxygen atoms in total. The molecule has 5 aromatic rings. The summed E-state index contributed by atoms with van der Waals surface area (Å²) in [6.45, 7) is 4.63. The standard InChI is InChI=1S/C24H23N7O/c1-15-7-3-4-10-18(15)31-19(30-17-9-5-8-16(2)20(17)24(31)32)11-6-12-25-22-21-23(27-13-26-21)29-14-28-22/h3-5,7-10,13-14H,6,11-12H2,1-2H3,(H2,25,26,27,28,29). The molecule has 0 atom stereocenters. The first-order valence-corrected chi connectivity index (χ1v) is 10.6. The van der Waals surface area contributed by atoms with Crippen LogP contribution in [0.5, 0.6) is 0 Å². The minimum atomic E-state index is -0.0275. The molecule has 0 saturated carbocycles. The van der Waals surface area contributed by atoms with Gasteiger partial charge in [0.05, 0.1) is 22.9 Å². The van der Waals surface area contributed by atoms with Gasteiger partial charge in [-0.25, -0.2) is 19.9 Å². The van der Waals surface area contributed by atoms with Crippen molar-refractivity contribution >= 4 is 27.9 Å². The SMILES string of the molecule is Cc1ccccc1-n1c(CCCNc2ncnc3nc[nH]c23)nc2cccc(C)c2c1=O. The number of H-pyrrole nitrogens is 1. The van der Waals surface area contributed by atoms with E-state index < -0.39 is 0 Å². The number of para-hydroxylation sites is 1. The topological polar surface area (TPSA) is 101 Å². The maximum Gasteiger partial charge on any atom is 0.266 e. The van der Waals surface area contributed by atoms with Crippen molar-refractivity contribution in [2.24, 2.45) is 0 Å². The van der Waals surface area contributed by atoms with Crippen molar-refractivity contribution < 1.29 is 0 Å². The van der Waals surface area contributed by atoms with Crippen LogP contribution in [0.15, 0.2) is 59.9 Å². The Bertz CT molecular complexity index is 1490. The summed E-state index contributed by atoms with van der Waals surface area (Å²) in [4.78, 5) is 34.1. The van der Waals surface area contributed by atoms with Gasteiger partial charge in [0.15, 0.2) is 11.5 Å². The predicted molar refractivity (Wildman–Crippen MR) is 125 cm³/mol. The van der Waals surface area contributed by atoms with Crippen molar-refractivity contribution in [3.8, 4) is 5.69 Å². The number of fused-ring (bicyclic) bond motifs is 2. The van der Waals surface area contributed by atoms with Crippen LogP contribution >= 0.6 is 0 Å². The van der Waals surface area contributed by atoms with Gasteiger partial charge in [-0.05, 0) is 43.5 Å². The summed E-state index contributed by atoms with van der Waals surface area (Å²) in [5, 5.41) is 4.00. The number of anilines is 1. The number of nitrogens with zero attached hydrogens (tertiary/aromatic N) is 5. The summed E-state index contributed by atoms with van der Waals surface area (Å²) in [7, 11) is 0. The summed E-state index contributed by atoms with van der Waals surface area (Å²) >= 11 is 0. The highest BCUT2D eigenvalue weighted by atomic mass is 16.1. The molecule has 2 aromatic carbocycles. The van der Waals surface area contributed by atoms with E-state index >= 15 is 0 Å². The Morgan fingerprint density at radius 3 is 2.72 bits per heavy atom. The Balaban J connectivity index is 1.47. The fraction of sp³-hybridized carbons (Fsp3) is 0.208. The number of aromatic nitrogens is 6. The third kappa shape index (κ3) is 3.49. The third-order valence-corrected chi connectivity index (χ3v) is 5.62. The Kier molecular flexibility index (Phi) is 5.10. The van der Waals surface area contributed by atoms with Crippen LogP contribution in [-0.4, -0.2) is 36.0 Å². The minimum Gasteiger partial charge on any atom is -0.368 e.